The predicted molar refractivity (Wildman–Crippen MR) is 61.5 cm³/mol. The molecule has 0 saturated heterocycles. The van der Waals surface area contributed by atoms with Gasteiger partial charge in [-0.15, -0.1) is 0 Å². The lowest BCUT2D eigenvalue weighted by atomic mass is 10.1. The first-order valence-corrected chi connectivity index (χ1v) is 5.59. The summed E-state index contributed by atoms with van der Waals surface area (Å²) in [5, 5.41) is 16.3. The fraction of sp³-hybridized carbons (Fsp3) is 0.300. The number of aromatic nitrogens is 3. The number of rotatable bonds is 2. The number of hydrogen-bond donors (Lipinski definition) is 1. The van der Waals surface area contributed by atoms with Crippen molar-refractivity contribution in [1.82, 2.24) is 14.6 Å². The Labute approximate surface area is 105 Å². The maximum atomic E-state index is 11.1. The van der Waals surface area contributed by atoms with Crippen molar-refractivity contribution in [2.24, 2.45) is 5.18 Å². The van der Waals surface area contributed by atoms with Gasteiger partial charge in [-0.1, -0.05) is 16.8 Å². The number of halogens is 1. The highest BCUT2D eigenvalue weighted by atomic mass is 35.5. The van der Waals surface area contributed by atoms with Crippen molar-refractivity contribution in [1.29, 1.82) is 0 Å². The first-order valence-electron chi connectivity index (χ1n) is 5.21. The van der Waals surface area contributed by atoms with E-state index in [-0.39, 0.29) is 11.6 Å². The van der Waals surface area contributed by atoms with Crippen LogP contribution in [0.3, 0.4) is 0 Å². The number of nitroso groups, excluding NO2 is 1. The van der Waals surface area contributed by atoms with Crippen molar-refractivity contribution in [3.8, 4) is 0 Å². The topological polar surface area (TPSA) is 96.9 Å². The molecule has 0 aromatic carbocycles. The van der Waals surface area contributed by atoms with Crippen molar-refractivity contribution in [3.05, 3.63) is 33.6 Å². The molecule has 7 nitrogen and oxygen atoms in total. The van der Waals surface area contributed by atoms with Crippen molar-refractivity contribution in [3.63, 3.8) is 0 Å². The van der Waals surface area contributed by atoms with Crippen LogP contribution in [0.4, 0.5) is 0 Å². The maximum Gasteiger partial charge on any atom is 0.311 e. The van der Waals surface area contributed by atoms with Crippen LogP contribution in [0.2, 0.25) is 5.15 Å². The highest BCUT2D eigenvalue weighted by Crippen LogP contribution is 2.42. The van der Waals surface area contributed by atoms with E-state index in [0.717, 1.165) is 0 Å². The van der Waals surface area contributed by atoms with Gasteiger partial charge in [0.2, 0.25) is 0 Å². The number of aliphatic carboxylic acids is 1. The molecule has 1 N–H and O–H groups in total. The minimum Gasteiger partial charge on any atom is -0.481 e. The van der Waals surface area contributed by atoms with Gasteiger partial charge in [0.25, 0.3) is 0 Å². The molecule has 0 fully saturated rings. The van der Waals surface area contributed by atoms with E-state index in [1.54, 1.807) is 0 Å². The smallest absolute Gasteiger partial charge is 0.311 e. The normalized spacial score (nSPS) is 22.1. The fourth-order valence-corrected chi connectivity index (χ4v) is 2.50. The van der Waals surface area contributed by atoms with Crippen LogP contribution in [0.5, 0.6) is 0 Å². The Kier molecular flexibility index (Phi) is 2.30. The van der Waals surface area contributed by atoms with Gasteiger partial charge in [0.1, 0.15) is 6.04 Å². The van der Waals surface area contributed by atoms with Crippen LogP contribution in [0.1, 0.15) is 29.6 Å². The zero-order chi connectivity index (χ0) is 12.9. The van der Waals surface area contributed by atoms with E-state index < -0.39 is 17.9 Å². The second-order valence-corrected chi connectivity index (χ2v) is 4.47. The minimum absolute atomic E-state index is 0.131. The van der Waals surface area contributed by atoms with Gasteiger partial charge in [0.15, 0.2) is 10.8 Å². The van der Waals surface area contributed by atoms with Gasteiger partial charge >= 0.3 is 5.97 Å². The number of fused-ring (bicyclic) bond motifs is 3. The quantitative estimate of drug-likeness (QED) is 0.835. The Morgan fingerprint density at radius 2 is 2.39 bits per heavy atom. The first kappa shape index (κ1) is 11.1. The van der Waals surface area contributed by atoms with E-state index in [9.17, 15) is 9.70 Å². The number of carbonyl (C=O) groups is 1. The highest BCUT2D eigenvalue weighted by Gasteiger charge is 2.39. The Morgan fingerprint density at radius 1 is 1.61 bits per heavy atom. The van der Waals surface area contributed by atoms with Gasteiger partial charge < -0.3 is 5.11 Å². The molecule has 0 spiro atoms. The zero-order valence-electron chi connectivity index (χ0n) is 8.95. The Bertz CT molecular complexity index is 668. The molecule has 0 radical (unpaired) electrons. The van der Waals surface area contributed by atoms with Gasteiger partial charge in [-0.05, 0) is 6.42 Å². The number of hydrogen-bond acceptors (Lipinski definition) is 5. The fourth-order valence-electron chi connectivity index (χ4n) is 2.33. The molecule has 0 amide bonds. The Balaban J connectivity index is 2.31. The van der Waals surface area contributed by atoms with Crippen LogP contribution in [0.25, 0.3) is 5.65 Å². The minimum atomic E-state index is -0.998. The van der Waals surface area contributed by atoms with Crippen molar-refractivity contribution < 1.29 is 9.90 Å². The molecule has 1 aliphatic carbocycles. The van der Waals surface area contributed by atoms with Gasteiger partial charge in [-0.2, -0.15) is 10.0 Å². The maximum absolute atomic E-state index is 11.1. The molecule has 8 heteroatoms. The Hall–Kier alpha value is -2.02. The summed E-state index contributed by atoms with van der Waals surface area (Å²) in [6.45, 7) is 0. The second-order valence-electron chi connectivity index (χ2n) is 4.08. The van der Waals surface area contributed by atoms with Gasteiger partial charge in [-0.3, -0.25) is 4.79 Å². The number of nitrogens with zero attached hydrogens (tertiary/aromatic N) is 4. The zero-order valence-corrected chi connectivity index (χ0v) is 9.70. The average Bonchev–Trinajstić information content (AvgIpc) is 2.87. The molecule has 92 valence electrons. The summed E-state index contributed by atoms with van der Waals surface area (Å²) in [4.78, 5) is 26.1. The molecule has 2 unspecified atom stereocenters. The molecule has 18 heavy (non-hydrogen) atoms. The molecule has 2 heterocycles. The molecule has 2 atom stereocenters. The summed E-state index contributed by atoms with van der Waals surface area (Å²) in [7, 11) is 0. The lowest BCUT2D eigenvalue weighted by Gasteiger charge is -2.05. The Morgan fingerprint density at radius 3 is 3.06 bits per heavy atom. The van der Waals surface area contributed by atoms with Gasteiger partial charge in [0, 0.05) is 17.8 Å². The lowest BCUT2D eigenvalue weighted by molar-refractivity contribution is -0.138. The van der Waals surface area contributed by atoms with E-state index in [2.05, 4.69) is 15.3 Å². The molecule has 0 bridgehead atoms. The van der Waals surface area contributed by atoms with Crippen molar-refractivity contribution in [2.45, 2.75) is 18.4 Å². The molecule has 2 aromatic heterocycles. The molecule has 0 saturated carbocycles. The summed E-state index contributed by atoms with van der Waals surface area (Å²) in [5.41, 5.74) is 1.41. The van der Waals surface area contributed by atoms with E-state index >= 15 is 0 Å². The van der Waals surface area contributed by atoms with Gasteiger partial charge in [-0.25, -0.2) is 9.50 Å². The van der Waals surface area contributed by atoms with Crippen LogP contribution in [0.15, 0.2) is 17.4 Å². The summed E-state index contributed by atoms with van der Waals surface area (Å²) in [6, 6.07) is 0.806. The third kappa shape index (κ3) is 1.40. The van der Waals surface area contributed by atoms with E-state index in [0.29, 0.717) is 16.9 Å². The first-order chi connectivity index (χ1) is 8.61. The SMILES string of the molecule is O=NC1CC(C(=O)O)c2cnc3cc(Cl)nn3c21. The summed E-state index contributed by atoms with van der Waals surface area (Å²) in [6.07, 6.45) is 1.58. The average molecular weight is 267 g/mol. The van der Waals surface area contributed by atoms with Crippen LogP contribution < -0.4 is 0 Å². The summed E-state index contributed by atoms with van der Waals surface area (Å²) < 4.78 is 1.40. The van der Waals surface area contributed by atoms with Crippen LogP contribution in [-0.2, 0) is 4.79 Å². The standard InChI is InChI=1S/C10H7ClN4O3/c11-7-2-8-12-3-5-4(10(16)17)1-6(14-18)9(5)15(8)13-7/h2-4,6H,1H2,(H,16,17). The largest absolute Gasteiger partial charge is 0.481 e. The number of carboxylic acid groups (broad SMARTS) is 1. The molecule has 2 aromatic rings. The van der Waals surface area contributed by atoms with Crippen molar-refractivity contribution >= 4 is 23.2 Å². The third-order valence-electron chi connectivity index (χ3n) is 3.10. The second kappa shape index (κ2) is 3.74. The molecular weight excluding hydrogens is 260 g/mol. The summed E-state index contributed by atoms with van der Waals surface area (Å²) in [5.74, 6) is -1.77. The van der Waals surface area contributed by atoms with E-state index in [1.807, 2.05) is 0 Å². The summed E-state index contributed by atoms with van der Waals surface area (Å²) >= 11 is 5.78. The van der Waals surface area contributed by atoms with Crippen molar-refractivity contribution in [2.75, 3.05) is 0 Å². The lowest BCUT2D eigenvalue weighted by Crippen LogP contribution is -2.09. The third-order valence-corrected chi connectivity index (χ3v) is 3.28. The number of carboxylic acids is 1. The van der Waals surface area contributed by atoms with Gasteiger partial charge in [0.05, 0.1) is 11.6 Å². The predicted octanol–water partition coefficient (Wildman–Crippen LogP) is 1.76. The molecule has 0 aliphatic heterocycles. The van der Waals surface area contributed by atoms with Crippen LogP contribution >= 0.6 is 11.6 Å². The van der Waals surface area contributed by atoms with Crippen LogP contribution in [0, 0.1) is 4.91 Å². The van der Waals surface area contributed by atoms with E-state index in [1.165, 1.54) is 16.8 Å². The monoisotopic (exact) mass is 266 g/mol. The highest BCUT2D eigenvalue weighted by molar-refractivity contribution is 6.29. The molecule has 1 aliphatic rings. The molecular formula is C10H7ClN4O3. The van der Waals surface area contributed by atoms with E-state index in [4.69, 9.17) is 16.7 Å². The molecule has 3 rings (SSSR count). The van der Waals surface area contributed by atoms with Crippen LogP contribution in [-0.4, -0.2) is 25.7 Å².